The lowest BCUT2D eigenvalue weighted by Crippen LogP contribution is -2.27. The maximum absolute atomic E-state index is 12.3. The Hall–Kier alpha value is -2.08. The summed E-state index contributed by atoms with van der Waals surface area (Å²) in [4.78, 5) is 16.3. The summed E-state index contributed by atoms with van der Waals surface area (Å²) in [6.07, 6.45) is 3.18. The van der Waals surface area contributed by atoms with Crippen LogP contribution in [0, 0.1) is 0 Å². The Balaban J connectivity index is 2.23. The number of nitrogens with zero attached hydrogens (tertiary/aromatic N) is 1. The zero-order valence-corrected chi connectivity index (χ0v) is 15.6. The van der Waals surface area contributed by atoms with Crippen molar-refractivity contribution in [1.29, 1.82) is 0 Å². The third-order valence-electron chi connectivity index (χ3n) is 3.40. The smallest absolute Gasteiger partial charge is 0.253 e. The van der Waals surface area contributed by atoms with E-state index in [2.05, 4.69) is 26.2 Å². The first-order valence-corrected chi connectivity index (χ1v) is 8.66. The van der Waals surface area contributed by atoms with Gasteiger partial charge in [0.2, 0.25) is 0 Å². The number of benzene rings is 1. The minimum Gasteiger partial charge on any atom is -0.490 e. The Morgan fingerprint density at radius 3 is 2.50 bits per heavy atom. The lowest BCUT2D eigenvalue weighted by atomic mass is 10.1. The molecular weight excluding hydrogens is 372 g/mol. The SMILES string of the molecule is CCOc1cc(Br)c([C@@H](C)NC(=O)c2cccnc2)cc1OCC. The van der Waals surface area contributed by atoms with Crippen molar-refractivity contribution in [1.82, 2.24) is 10.3 Å². The van der Waals surface area contributed by atoms with Crippen LogP contribution in [0.15, 0.2) is 41.1 Å². The first kappa shape index (κ1) is 18.3. The average molecular weight is 393 g/mol. The molecule has 2 aromatic rings. The van der Waals surface area contributed by atoms with Crippen molar-refractivity contribution >= 4 is 21.8 Å². The molecule has 24 heavy (non-hydrogen) atoms. The first-order valence-electron chi connectivity index (χ1n) is 7.86. The van der Waals surface area contributed by atoms with E-state index >= 15 is 0 Å². The van der Waals surface area contributed by atoms with Gasteiger partial charge in [-0.3, -0.25) is 9.78 Å². The summed E-state index contributed by atoms with van der Waals surface area (Å²) in [7, 11) is 0. The second-order valence-corrected chi connectivity index (χ2v) is 5.98. The van der Waals surface area contributed by atoms with E-state index in [1.807, 2.05) is 32.9 Å². The van der Waals surface area contributed by atoms with Crippen molar-refractivity contribution in [2.75, 3.05) is 13.2 Å². The molecule has 1 heterocycles. The molecule has 0 bridgehead atoms. The zero-order valence-electron chi connectivity index (χ0n) is 14.0. The van der Waals surface area contributed by atoms with E-state index in [0.29, 0.717) is 30.3 Å². The zero-order chi connectivity index (χ0) is 17.5. The molecule has 0 unspecified atom stereocenters. The Morgan fingerprint density at radius 1 is 1.25 bits per heavy atom. The van der Waals surface area contributed by atoms with Gasteiger partial charge in [0, 0.05) is 16.9 Å². The number of nitrogens with one attached hydrogen (secondary N) is 1. The van der Waals surface area contributed by atoms with Gasteiger partial charge in [0.1, 0.15) is 0 Å². The number of amides is 1. The maximum atomic E-state index is 12.3. The topological polar surface area (TPSA) is 60.5 Å². The van der Waals surface area contributed by atoms with Gasteiger partial charge in [0.25, 0.3) is 5.91 Å². The van der Waals surface area contributed by atoms with E-state index in [1.54, 1.807) is 24.5 Å². The van der Waals surface area contributed by atoms with Crippen molar-refractivity contribution < 1.29 is 14.3 Å². The number of hydrogen-bond donors (Lipinski definition) is 1. The highest BCUT2D eigenvalue weighted by atomic mass is 79.9. The van der Waals surface area contributed by atoms with Gasteiger partial charge in [0.05, 0.1) is 24.8 Å². The number of pyridine rings is 1. The van der Waals surface area contributed by atoms with Crippen molar-refractivity contribution in [2.45, 2.75) is 26.8 Å². The van der Waals surface area contributed by atoms with Crippen molar-refractivity contribution in [3.63, 3.8) is 0 Å². The molecule has 0 aliphatic carbocycles. The van der Waals surface area contributed by atoms with E-state index in [-0.39, 0.29) is 11.9 Å². The summed E-state index contributed by atoms with van der Waals surface area (Å²) in [6.45, 7) is 6.86. The molecule has 0 saturated carbocycles. The van der Waals surface area contributed by atoms with E-state index in [0.717, 1.165) is 10.0 Å². The Morgan fingerprint density at radius 2 is 1.92 bits per heavy atom. The monoisotopic (exact) mass is 392 g/mol. The van der Waals surface area contributed by atoms with Gasteiger partial charge in [-0.2, -0.15) is 0 Å². The summed E-state index contributed by atoms with van der Waals surface area (Å²) in [6, 6.07) is 7.03. The van der Waals surface area contributed by atoms with Crippen LogP contribution in [0.3, 0.4) is 0 Å². The summed E-state index contributed by atoms with van der Waals surface area (Å²) in [5.74, 6) is 1.18. The standard InChI is InChI=1S/C18H21BrN2O3/c1-4-23-16-9-14(15(19)10-17(16)24-5-2)12(3)21-18(22)13-7-6-8-20-11-13/h6-12H,4-5H2,1-3H3,(H,21,22)/t12-/m1/s1. The number of carbonyl (C=O) groups is 1. The Bertz CT molecular complexity index is 692. The van der Waals surface area contributed by atoms with Crippen LogP contribution in [-0.4, -0.2) is 24.1 Å². The minimum atomic E-state index is -0.207. The van der Waals surface area contributed by atoms with E-state index < -0.39 is 0 Å². The number of hydrogen-bond acceptors (Lipinski definition) is 4. The highest BCUT2D eigenvalue weighted by Gasteiger charge is 2.17. The number of ether oxygens (including phenoxy) is 2. The van der Waals surface area contributed by atoms with Crippen LogP contribution >= 0.6 is 15.9 Å². The molecule has 0 aliphatic rings. The van der Waals surface area contributed by atoms with Gasteiger partial charge in [-0.1, -0.05) is 15.9 Å². The van der Waals surface area contributed by atoms with Crippen molar-refractivity contribution in [3.8, 4) is 11.5 Å². The number of rotatable bonds is 7. The van der Waals surface area contributed by atoms with Gasteiger partial charge >= 0.3 is 0 Å². The second-order valence-electron chi connectivity index (χ2n) is 5.12. The normalized spacial score (nSPS) is 11.7. The largest absolute Gasteiger partial charge is 0.490 e. The van der Waals surface area contributed by atoms with E-state index in [9.17, 15) is 4.79 Å². The van der Waals surface area contributed by atoms with Crippen molar-refractivity contribution in [3.05, 3.63) is 52.3 Å². The van der Waals surface area contributed by atoms with Gasteiger partial charge < -0.3 is 14.8 Å². The predicted molar refractivity (Wildman–Crippen MR) is 96.6 cm³/mol. The quantitative estimate of drug-likeness (QED) is 0.769. The molecule has 1 atom stereocenters. The maximum Gasteiger partial charge on any atom is 0.253 e. The van der Waals surface area contributed by atoms with Crippen LogP contribution in [0.5, 0.6) is 11.5 Å². The molecule has 0 radical (unpaired) electrons. The Labute approximate surface area is 150 Å². The summed E-state index contributed by atoms with van der Waals surface area (Å²) < 4.78 is 12.1. The fourth-order valence-corrected chi connectivity index (χ4v) is 2.94. The third kappa shape index (κ3) is 4.47. The third-order valence-corrected chi connectivity index (χ3v) is 4.09. The van der Waals surface area contributed by atoms with Crippen LogP contribution in [0.4, 0.5) is 0 Å². The van der Waals surface area contributed by atoms with Gasteiger partial charge in [0.15, 0.2) is 11.5 Å². The lowest BCUT2D eigenvalue weighted by molar-refractivity contribution is 0.0939. The molecule has 1 amide bonds. The molecule has 0 saturated heterocycles. The fourth-order valence-electron chi connectivity index (χ4n) is 2.27. The summed E-state index contributed by atoms with van der Waals surface area (Å²) >= 11 is 3.55. The number of carbonyl (C=O) groups excluding carboxylic acids is 1. The van der Waals surface area contributed by atoms with E-state index in [4.69, 9.17) is 9.47 Å². The highest BCUT2D eigenvalue weighted by Crippen LogP contribution is 2.36. The summed E-state index contributed by atoms with van der Waals surface area (Å²) in [5.41, 5.74) is 1.44. The molecule has 0 spiro atoms. The van der Waals surface area contributed by atoms with Crippen LogP contribution in [0.25, 0.3) is 0 Å². The molecule has 0 fully saturated rings. The van der Waals surface area contributed by atoms with E-state index in [1.165, 1.54) is 0 Å². The Kier molecular flexibility index (Phi) is 6.61. The fraction of sp³-hybridized carbons (Fsp3) is 0.333. The van der Waals surface area contributed by atoms with Gasteiger partial charge in [-0.15, -0.1) is 0 Å². The molecule has 6 heteroatoms. The molecule has 128 valence electrons. The van der Waals surface area contributed by atoms with Crippen molar-refractivity contribution in [2.24, 2.45) is 0 Å². The molecule has 1 N–H and O–H groups in total. The summed E-state index contributed by atoms with van der Waals surface area (Å²) in [5, 5.41) is 2.97. The molecule has 1 aromatic carbocycles. The van der Waals surface area contributed by atoms with Gasteiger partial charge in [-0.05, 0) is 50.6 Å². The molecule has 0 aliphatic heterocycles. The highest BCUT2D eigenvalue weighted by molar-refractivity contribution is 9.10. The van der Waals surface area contributed by atoms with Crippen LogP contribution < -0.4 is 14.8 Å². The molecular formula is C18H21BrN2O3. The minimum absolute atomic E-state index is 0.172. The number of aromatic nitrogens is 1. The molecule has 2 rings (SSSR count). The predicted octanol–water partition coefficient (Wildman–Crippen LogP) is 4.13. The van der Waals surface area contributed by atoms with Crippen LogP contribution in [0.2, 0.25) is 0 Å². The number of halogens is 1. The van der Waals surface area contributed by atoms with Crippen LogP contribution in [-0.2, 0) is 0 Å². The first-order chi connectivity index (χ1) is 11.6. The molecule has 1 aromatic heterocycles. The molecule has 5 nitrogen and oxygen atoms in total. The lowest BCUT2D eigenvalue weighted by Gasteiger charge is -2.19. The van der Waals surface area contributed by atoms with Gasteiger partial charge in [-0.25, -0.2) is 0 Å². The van der Waals surface area contributed by atoms with Crippen LogP contribution in [0.1, 0.15) is 42.7 Å². The second kappa shape index (κ2) is 8.68. The average Bonchev–Trinajstić information content (AvgIpc) is 2.58.